The van der Waals surface area contributed by atoms with Crippen LogP contribution in [0.2, 0.25) is 0 Å². The van der Waals surface area contributed by atoms with E-state index >= 15 is 0 Å². The highest BCUT2D eigenvalue weighted by Gasteiger charge is 2.27. The van der Waals surface area contributed by atoms with Crippen LogP contribution in [0.1, 0.15) is 19.5 Å². The van der Waals surface area contributed by atoms with E-state index in [1.807, 2.05) is 18.0 Å². The monoisotopic (exact) mass is 194 g/mol. The van der Waals surface area contributed by atoms with Gasteiger partial charge in [-0.25, -0.2) is 4.98 Å². The maximum Gasteiger partial charge on any atom is 0.0921 e. The van der Waals surface area contributed by atoms with Crippen LogP contribution in [-0.2, 0) is 6.42 Å². The molecular formula is C10H14N2S. The Morgan fingerprint density at radius 2 is 2.54 bits per heavy atom. The minimum absolute atomic E-state index is 0.321. The fraction of sp³-hybridized carbons (Fsp3) is 0.500. The highest BCUT2D eigenvalue weighted by molar-refractivity contribution is 8.03. The third-order valence-corrected chi connectivity index (χ3v) is 3.71. The largest absolute Gasteiger partial charge is 0.348 e. The molecule has 1 aliphatic rings. The van der Waals surface area contributed by atoms with Gasteiger partial charge in [-0.3, -0.25) is 0 Å². The number of allylic oxidation sites excluding steroid dienone is 2. The molecule has 1 aromatic rings. The molecule has 1 atom stereocenters. The van der Waals surface area contributed by atoms with Crippen LogP contribution < -0.4 is 0 Å². The second-order valence-corrected chi connectivity index (χ2v) is 5.17. The molecule has 1 aromatic heterocycles. The number of aromatic nitrogens is 2. The quantitative estimate of drug-likeness (QED) is 0.784. The molecule has 0 aliphatic carbocycles. The third-order valence-electron chi connectivity index (χ3n) is 2.33. The second kappa shape index (κ2) is 3.22. The van der Waals surface area contributed by atoms with E-state index in [1.54, 1.807) is 6.33 Å². The number of nitrogens with one attached hydrogen (secondary N) is 1. The third kappa shape index (κ3) is 1.97. The summed E-state index contributed by atoms with van der Waals surface area (Å²) in [5, 5.41) is 0. The van der Waals surface area contributed by atoms with Crippen molar-refractivity contribution in [3.63, 3.8) is 0 Å². The van der Waals surface area contributed by atoms with Gasteiger partial charge in [0.25, 0.3) is 0 Å². The SMILES string of the molecule is CC1=CC(C)(Cc2cnc[nH]2)CS1. The molecule has 2 rings (SSSR count). The molecule has 0 radical (unpaired) electrons. The Kier molecular flexibility index (Phi) is 2.20. The van der Waals surface area contributed by atoms with Crippen molar-refractivity contribution < 1.29 is 0 Å². The summed E-state index contributed by atoms with van der Waals surface area (Å²) in [6.45, 7) is 4.49. The number of imidazole rings is 1. The standard InChI is InChI=1S/C10H14N2S/c1-8-3-10(2,6-13-8)4-9-5-11-7-12-9/h3,5,7H,4,6H2,1-2H3,(H,11,12). The van der Waals surface area contributed by atoms with Gasteiger partial charge >= 0.3 is 0 Å². The first-order valence-electron chi connectivity index (χ1n) is 4.47. The average Bonchev–Trinajstić information content (AvgIpc) is 2.62. The highest BCUT2D eigenvalue weighted by atomic mass is 32.2. The van der Waals surface area contributed by atoms with E-state index in [4.69, 9.17) is 0 Å². The summed E-state index contributed by atoms with van der Waals surface area (Å²) in [5.41, 5.74) is 1.55. The van der Waals surface area contributed by atoms with Crippen molar-refractivity contribution in [3.8, 4) is 0 Å². The topological polar surface area (TPSA) is 28.7 Å². The van der Waals surface area contributed by atoms with Crippen LogP contribution in [0, 0.1) is 5.41 Å². The predicted molar refractivity (Wildman–Crippen MR) is 56.6 cm³/mol. The summed E-state index contributed by atoms with van der Waals surface area (Å²) in [6.07, 6.45) is 7.10. The van der Waals surface area contributed by atoms with E-state index in [9.17, 15) is 0 Å². The van der Waals surface area contributed by atoms with Crippen LogP contribution in [-0.4, -0.2) is 15.7 Å². The maximum atomic E-state index is 4.03. The Bertz CT molecular complexity index is 316. The Morgan fingerprint density at radius 1 is 1.69 bits per heavy atom. The van der Waals surface area contributed by atoms with Crippen molar-refractivity contribution in [2.24, 2.45) is 5.41 Å². The summed E-state index contributed by atoms with van der Waals surface area (Å²) in [6, 6.07) is 0. The zero-order chi connectivity index (χ0) is 9.31. The second-order valence-electron chi connectivity index (χ2n) is 3.95. The van der Waals surface area contributed by atoms with Crippen LogP contribution in [0.3, 0.4) is 0 Å². The molecule has 2 nitrogen and oxygen atoms in total. The summed E-state index contributed by atoms with van der Waals surface area (Å²) < 4.78 is 0. The normalized spacial score (nSPS) is 27.7. The van der Waals surface area contributed by atoms with Crippen molar-refractivity contribution in [1.29, 1.82) is 0 Å². The van der Waals surface area contributed by atoms with Crippen molar-refractivity contribution in [3.05, 3.63) is 29.2 Å². The molecule has 13 heavy (non-hydrogen) atoms. The number of hydrogen-bond donors (Lipinski definition) is 1. The lowest BCUT2D eigenvalue weighted by molar-refractivity contribution is 0.488. The van der Waals surface area contributed by atoms with E-state index < -0.39 is 0 Å². The lowest BCUT2D eigenvalue weighted by Gasteiger charge is -2.19. The Morgan fingerprint density at radius 3 is 3.08 bits per heavy atom. The van der Waals surface area contributed by atoms with E-state index in [-0.39, 0.29) is 0 Å². The van der Waals surface area contributed by atoms with Crippen LogP contribution in [0.25, 0.3) is 0 Å². The first-order valence-corrected chi connectivity index (χ1v) is 5.46. The van der Waals surface area contributed by atoms with Crippen LogP contribution in [0.5, 0.6) is 0 Å². The van der Waals surface area contributed by atoms with Gasteiger partial charge in [-0.05, 0) is 18.2 Å². The molecule has 1 N–H and O–H groups in total. The molecule has 1 aliphatic heterocycles. The first kappa shape index (κ1) is 8.88. The minimum Gasteiger partial charge on any atom is -0.348 e. The minimum atomic E-state index is 0.321. The van der Waals surface area contributed by atoms with E-state index in [0.717, 1.165) is 6.42 Å². The number of thioether (sulfide) groups is 1. The molecule has 0 saturated carbocycles. The fourth-order valence-electron chi connectivity index (χ4n) is 1.77. The number of aromatic amines is 1. The highest BCUT2D eigenvalue weighted by Crippen LogP contribution is 2.39. The van der Waals surface area contributed by atoms with Gasteiger partial charge < -0.3 is 4.98 Å². The van der Waals surface area contributed by atoms with Gasteiger partial charge in [-0.1, -0.05) is 13.0 Å². The summed E-state index contributed by atoms with van der Waals surface area (Å²) >= 11 is 1.95. The smallest absolute Gasteiger partial charge is 0.0921 e. The van der Waals surface area contributed by atoms with Gasteiger partial charge in [0.2, 0.25) is 0 Å². The molecular weight excluding hydrogens is 180 g/mol. The number of H-pyrrole nitrogens is 1. The predicted octanol–water partition coefficient (Wildman–Crippen LogP) is 2.61. The van der Waals surface area contributed by atoms with Crippen molar-refractivity contribution in [1.82, 2.24) is 9.97 Å². The van der Waals surface area contributed by atoms with Crippen molar-refractivity contribution in [2.75, 3.05) is 5.75 Å². The lowest BCUT2D eigenvalue weighted by Crippen LogP contribution is -2.17. The molecule has 0 amide bonds. The van der Waals surface area contributed by atoms with Gasteiger partial charge in [0.1, 0.15) is 0 Å². The molecule has 2 heterocycles. The molecule has 3 heteroatoms. The molecule has 0 fully saturated rings. The van der Waals surface area contributed by atoms with E-state index in [1.165, 1.54) is 16.4 Å². The molecule has 0 saturated heterocycles. The van der Waals surface area contributed by atoms with Crippen molar-refractivity contribution in [2.45, 2.75) is 20.3 Å². The molecule has 0 spiro atoms. The Hall–Kier alpha value is -0.700. The van der Waals surface area contributed by atoms with Gasteiger partial charge in [-0.2, -0.15) is 0 Å². The molecule has 0 aromatic carbocycles. The van der Waals surface area contributed by atoms with Crippen LogP contribution in [0.15, 0.2) is 23.5 Å². The lowest BCUT2D eigenvalue weighted by atomic mass is 9.87. The van der Waals surface area contributed by atoms with Gasteiger partial charge in [0, 0.05) is 23.1 Å². The molecule has 0 bridgehead atoms. The van der Waals surface area contributed by atoms with E-state index in [0.29, 0.717) is 5.41 Å². The van der Waals surface area contributed by atoms with Crippen LogP contribution >= 0.6 is 11.8 Å². The number of rotatable bonds is 2. The van der Waals surface area contributed by atoms with Crippen molar-refractivity contribution >= 4 is 11.8 Å². The molecule has 70 valence electrons. The Labute approximate surface area is 82.8 Å². The number of hydrogen-bond acceptors (Lipinski definition) is 2. The van der Waals surface area contributed by atoms with Gasteiger partial charge in [0.05, 0.1) is 6.33 Å². The summed E-state index contributed by atoms with van der Waals surface area (Å²) in [5.74, 6) is 1.19. The maximum absolute atomic E-state index is 4.03. The fourth-order valence-corrected chi connectivity index (χ4v) is 2.88. The number of nitrogens with zero attached hydrogens (tertiary/aromatic N) is 1. The van der Waals surface area contributed by atoms with Crippen LogP contribution in [0.4, 0.5) is 0 Å². The molecule has 1 unspecified atom stereocenters. The van der Waals surface area contributed by atoms with Gasteiger partial charge in [-0.15, -0.1) is 11.8 Å². The zero-order valence-corrected chi connectivity index (χ0v) is 8.82. The first-order chi connectivity index (χ1) is 6.18. The van der Waals surface area contributed by atoms with E-state index in [2.05, 4.69) is 29.9 Å². The summed E-state index contributed by atoms with van der Waals surface area (Å²) in [7, 11) is 0. The Balaban J connectivity index is 2.10. The summed E-state index contributed by atoms with van der Waals surface area (Å²) in [4.78, 5) is 8.63. The van der Waals surface area contributed by atoms with Gasteiger partial charge in [0.15, 0.2) is 0 Å². The average molecular weight is 194 g/mol. The zero-order valence-electron chi connectivity index (χ0n) is 8.00.